The van der Waals surface area contributed by atoms with E-state index in [0.717, 1.165) is 32.5 Å². The minimum absolute atomic E-state index is 0.156. The van der Waals surface area contributed by atoms with Crippen LogP contribution >= 0.6 is 11.6 Å². The van der Waals surface area contributed by atoms with Crippen LogP contribution in [0.15, 0.2) is 29.2 Å². The van der Waals surface area contributed by atoms with Crippen LogP contribution in [0.4, 0.5) is 0 Å². The van der Waals surface area contributed by atoms with Crippen LogP contribution < -0.4 is 0 Å². The molecule has 2 fully saturated rings. The summed E-state index contributed by atoms with van der Waals surface area (Å²) < 4.78 is 27.1. The van der Waals surface area contributed by atoms with Gasteiger partial charge in [-0.3, -0.25) is 9.69 Å². The van der Waals surface area contributed by atoms with Gasteiger partial charge in [-0.15, -0.1) is 0 Å². The van der Waals surface area contributed by atoms with E-state index in [4.69, 9.17) is 11.6 Å². The standard InChI is InChI=1S/C17H24ClN3O3S/c18-15-5-3-6-16(13-15)25(23,24)21-10-4-7-19(11-12-21)14-17(22)20-8-1-2-9-20/h3,5-6,13H,1-2,4,7-12,14H2. The molecule has 2 aliphatic rings. The molecule has 2 heterocycles. The number of nitrogens with zero attached hydrogens (tertiary/aromatic N) is 3. The highest BCUT2D eigenvalue weighted by molar-refractivity contribution is 7.89. The van der Waals surface area contributed by atoms with E-state index in [0.29, 0.717) is 37.6 Å². The molecule has 6 nitrogen and oxygen atoms in total. The van der Waals surface area contributed by atoms with E-state index < -0.39 is 10.0 Å². The van der Waals surface area contributed by atoms with Crippen molar-refractivity contribution in [2.45, 2.75) is 24.2 Å². The Morgan fingerprint density at radius 3 is 2.48 bits per heavy atom. The van der Waals surface area contributed by atoms with E-state index in [9.17, 15) is 13.2 Å². The van der Waals surface area contributed by atoms with Gasteiger partial charge < -0.3 is 4.90 Å². The first-order chi connectivity index (χ1) is 12.0. The molecule has 1 aromatic rings. The van der Waals surface area contributed by atoms with Gasteiger partial charge in [-0.1, -0.05) is 17.7 Å². The Morgan fingerprint density at radius 2 is 1.76 bits per heavy atom. The van der Waals surface area contributed by atoms with Crippen LogP contribution in [0.25, 0.3) is 0 Å². The molecule has 0 radical (unpaired) electrons. The molecule has 0 spiro atoms. The van der Waals surface area contributed by atoms with E-state index in [-0.39, 0.29) is 10.8 Å². The summed E-state index contributed by atoms with van der Waals surface area (Å²) in [5.41, 5.74) is 0. The summed E-state index contributed by atoms with van der Waals surface area (Å²) in [7, 11) is -3.55. The molecule has 25 heavy (non-hydrogen) atoms. The number of hydrogen-bond donors (Lipinski definition) is 0. The third kappa shape index (κ3) is 4.53. The average molecular weight is 386 g/mol. The molecule has 2 aliphatic heterocycles. The van der Waals surface area contributed by atoms with Gasteiger partial charge >= 0.3 is 0 Å². The number of benzene rings is 1. The Bertz CT molecular complexity index is 720. The Kier molecular flexibility index (Phi) is 5.99. The molecule has 0 N–H and O–H groups in total. The highest BCUT2D eigenvalue weighted by atomic mass is 35.5. The van der Waals surface area contributed by atoms with Crippen molar-refractivity contribution in [2.75, 3.05) is 45.8 Å². The molecule has 2 saturated heterocycles. The van der Waals surface area contributed by atoms with Crippen molar-refractivity contribution >= 4 is 27.5 Å². The second-order valence-electron chi connectivity index (χ2n) is 6.58. The van der Waals surface area contributed by atoms with Gasteiger partial charge in [0.25, 0.3) is 0 Å². The normalized spacial score (nSPS) is 20.6. The maximum atomic E-state index is 12.8. The molecule has 3 rings (SSSR count). The lowest BCUT2D eigenvalue weighted by Crippen LogP contribution is -2.41. The highest BCUT2D eigenvalue weighted by Gasteiger charge is 2.28. The fraction of sp³-hybridized carbons (Fsp3) is 0.588. The third-order valence-electron chi connectivity index (χ3n) is 4.80. The first-order valence-corrected chi connectivity index (χ1v) is 10.5. The fourth-order valence-electron chi connectivity index (χ4n) is 3.38. The van der Waals surface area contributed by atoms with E-state index in [1.54, 1.807) is 18.2 Å². The SMILES string of the molecule is O=C(CN1CCCN(S(=O)(=O)c2cccc(Cl)c2)CC1)N1CCCC1. The van der Waals surface area contributed by atoms with Gasteiger partial charge in [0.2, 0.25) is 15.9 Å². The summed E-state index contributed by atoms with van der Waals surface area (Å²) in [5.74, 6) is 0.156. The molecule has 8 heteroatoms. The Balaban J connectivity index is 1.62. The van der Waals surface area contributed by atoms with Crippen LogP contribution in [0.5, 0.6) is 0 Å². The Hall–Kier alpha value is -1.15. The molecular formula is C17H24ClN3O3S. The van der Waals surface area contributed by atoms with Crippen LogP contribution in [-0.2, 0) is 14.8 Å². The molecule has 0 saturated carbocycles. The zero-order valence-corrected chi connectivity index (χ0v) is 15.8. The van der Waals surface area contributed by atoms with Crippen LogP contribution in [0, 0.1) is 0 Å². The van der Waals surface area contributed by atoms with Gasteiger partial charge in [0, 0.05) is 37.7 Å². The van der Waals surface area contributed by atoms with Gasteiger partial charge in [0.1, 0.15) is 0 Å². The number of likely N-dealkylation sites (tertiary alicyclic amines) is 1. The molecule has 1 amide bonds. The second-order valence-corrected chi connectivity index (χ2v) is 8.95. The number of carbonyl (C=O) groups is 1. The van der Waals surface area contributed by atoms with Crippen LogP contribution in [0.1, 0.15) is 19.3 Å². The van der Waals surface area contributed by atoms with Gasteiger partial charge in [0.05, 0.1) is 11.4 Å². The molecule has 138 valence electrons. The summed E-state index contributed by atoms with van der Waals surface area (Å²) in [6.07, 6.45) is 2.88. The molecule has 1 aromatic carbocycles. The van der Waals surface area contributed by atoms with Gasteiger partial charge in [-0.05, 0) is 44.0 Å². The lowest BCUT2D eigenvalue weighted by atomic mass is 10.3. The lowest BCUT2D eigenvalue weighted by Gasteiger charge is -2.23. The molecule has 0 aromatic heterocycles. The first-order valence-electron chi connectivity index (χ1n) is 8.73. The molecule has 0 bridgehead atoms. The number of rotatable bonds is 4. The summed E-state index contributed by atoms with van der Waals surface area (Å²) in [6.45, 7) is 4.24. The summed E-state index contributed by atoms with van der Waals surface area (Å²) >= 11 is 5.93. The maximum Gasteiger partial charge on any atom is 0.243 e. The number of carbonyl (C=O) groups excluding carboxylic acids is 1. The number of sulfonamides is 1. The number of halogens is 1. The van der Waals surface area contributed by atoms with E-state index >= 15 is 0 Å². The van der Waals surface area contributed by atoms with Crippen LogP contribution in [-0.4, -0.2) is 74.2 Å². The summed E-state index contributed by atoms with van der Waals surface area (Å²) in [6, 6.07) is 6.36. The zero-order valence-electron chi connectivity index (χ0n) is 14.2. The summed E-state index contributed by atoms with van der Waals surface area (Å²) in [4.78, 5) is 16.5. The molecule has 0 aliphatic carbocycles. The van der Waals surface area contributed by atoms with E-state index in [1.165, 1.54) is 10.4 Å². The fourth-order valence-corrected chi connectivity index (χ4v) is 5.15. The summed E-state index contributed by atoms with van der Waals surface area (Å²) in [5, 5.41) is 0.411. The number of hydrogen-bond acceptors (Lipinski definition) is 4. The lowest BCUT2D eigenvalue weighted by molar-refractivity contribution is -0.131. The first kappa shape index (κ1) is 18.6. The van der Waals surface area contributed by atoms with Crippen LogP contribution in [0.3, 0.4) is 0 Å². The number of amides is 1. The monoisotopic (exact) mass is 385 g/mol. The van der Waals surface area contributed by atoms with Crippen molar-refractivity contribution in [3.8, 4) is 0 Å². The Morgan fingerprint density at radius 1 is 1.00 bits per heavy atom. The largest absolute Gasteiger partial charge is 0.342 e. The minimum atomic E-state index is -3.55. The van der Waals surface area contributed by atoms with Crippen molar-refractivity contribution in [1.29, 1.82) is 0 Å². The predicted octanol–water partition coefficient (Wildman–Crippen LogP) is 1.66. The molecule has 0 unspecified atom stereocenters. The van der Waals surface area contributed by atoms with Crippen molar-refractivity contribution < 1.29 is 13.2 Å². The topological polar surface area (TPSA) is 60.9 Å². The van der Waals surface area contributed by atoms with Crippen molar-refractivity contribution in [3.05, 3.63) is 29.3 Å². The zero-order chi connectivity index (χ0) is 17.9. The third-order valence-corrected chi connectivity index (χ3v) is 6.93. The van der Waals surface area contributed by atoms with Crippen LogP contribution in [0.2, 0.25) is 5.02 Å². The quantitative estimate of drug-likeness (QED) is 0.790. The van der Waals surface area contributed by atoms with Crippen molar-refractivity contribution in [2.24, 2.45) is 0 Å². The van der Waals surface area contributed by atoms with Gasteiger partial charge in [-0.25, -0.2) is 8.42 Å². The average Bonchev–Trinajstić information content (AvgIpc) is 3.02. The highest BCUT2D eigenvalue weighted by Crippen LogP contribution is 2.21. The predicted molar refractivity (Wildman–Crippen MR) is 97.1 cm³/mol. The minimum Gasteiger partial charge on any atom is -0.342 e. The van der Waals surface area contributed by atoms with Gasteiger partial charge in [0.15, 0.2) is 0 Å². The van der Waals surface area contributed by atoms with E-state index in [1.807, 2.05) is 4.90 Å². The second kappa shape index (κ2) is 8.03. The van der Waals surface area contributed by atoms with Crippen molar-refractivity contribution in [3.63, 3.8) is 0 Å². The maximum absolute atomic E-state index is 12.8. The smallest absolute Gasteiger partial charge is 0.243 e. The van der Waals surface area contributed by atoms with Gasteiger partial charge in [-0.2, -0.15) is 4.31 Å². The van der Waals surface area contributed by atoms with E-state index in [2.05, 4.69) is 4.90 Å². The molecule has 0 atom stereocenters. The van der Waals surface area contributed by atoms with Crippen molar-refractivity contribution in [1.82, 2.24) is 14.1 Å². The Labute approximate surface area is 154 Å². The molecular weight excluding hydrogens is 362 g/mol.